The average molecular weight is 384 g/mol. The molecule has 0 unspecified atom stereocenters. The van der Waals surface area contributed by atoms with Crippen molar-refractivity contribution in [2.24, 2.45) is 5.10 Å². The van der Waals surface area contributed by atoms with Crippen molar-refractivity contribution in [3.8, 4) is 11.1 Å². The molecular weight excluding hydrogens is 368 g/mol. The maximum Gasteiger partial charge on any atom is 0.284 e. The Morgan fingerprint density at radius 3 is 2.65 bits per heavy atom. The lowest BCUT2D eigenvalue weighted by Crippen LogP contribution is -2.39. The monoisotopic (exact) mass is 384 g/mol. The molecule has 3 aromatic rings. The highest BCUT2D eigenvalue weighted by Gasteiger charge is 2.31. The minimum absolute atomic E-state index is 0.0620. The zero-order valence-corrected chi connectivity index (χ0v) is 16.1. The van der Waals surface area contributed by atoms with Crippen LogP contribution in [0.25, 0.3) is 21.3 Å². The van der Waals surface area contributed by atoms with E-state index in [2.05, 4.69) is 10.1 Å². The van der Waals surface area contributed by atoms with Crippen LogP contribution in [0.5, 0.6) is 0 Å². The molecule has 1 aliphatic heterocycles. The Morgan fingerprint density at radius 2 is 1.96 bits per heavy atom. The topological polar surface area (TPSA) is 67.6 Å². The Labute approximate surface area is 158 Å². The molecule has 26 heavy (non-hydrogen) atoms. The second-order valence-electron chi connectivity index (χ2n) is 6.18. The Balaban J connectivity index is 1.89. The van der Waals surface area contributed by atoms with Crippen LogP contribution in [0.4, 0.5) is 0 Å². The van der Waals surface area contributed by atoms with Crippen molar-refractivity contribution >= 4 is 44.9 Å². The van der Waals surface area contributed by atoms with Crippen LogP contribution in [0.15, 0.2) is 50.8 Å². The number of hydrogen-bond donors (Lipinski definition) is 0. The molecule has 0 bridgehead atoms. The SMILES string of the molecule is CC1=Nn2c(nc3scc(-c4ccccc4)c3c2=O)S[C@H]1C(=O)N(C)C. The zero-order valence-electron chi connectivity index (χ0n) is 14.5. The molecule has 0 spiro atoms. The van der Waals surface area contributed by atoms with Crippen molar-refractivity contribution in [3.63, 3.8) is 0 Å². The number of thiophene rings is 1. The van der Waals surface area contributed by atoms with E-state index in [4.69, 9.17) is 0 Å². The molecule has 0 saturated heterocycles. The number of aromatic nitrogens is 2. The number of amides is 1. The van der Waals surface area contributed by atoms with Gasteiger partial charge in [-0.2, -0.15) is 9.78 Å². The summed E-state index contributed by atoms with van der Waals surface area (Å²) in [4.78, 5) is 32.3. The summed E-state index contributed by atoms with van der Waals surface area (Å²) in [7, 11) is 3.42. The number of carbonyl (C=O) groups is 1. The fourth-order valence-corrected chi connectivity index (χ4v) is 4.93. The van der Waals surface area contributed by atoms with Gasteiger partial charge in [0.15, 0.2) is 5.16 Å². The van der Waals surface area contributed by atoms with E-state index in [1.807, 2.05) is 35.7 Å². The molecule has 3 heterocycles. The van der Waals surface area contributed by atoms with Crippen molar-refractivity contribution in [2.45, 2.75) is 17.3 Å². The number of hydrogen-bond acceptors (Lipinski definition) is 6. The first-order chi connectivity index (χ1) is 12.5. The molecule has 1 aromatic carbocycles. The molecule has 4 rings (SSSR count). The third kappa shape index (κ3) is 2.65. The first kappa shape index (κ1) is 17.0. The lowest BCUT2D eigenvalue weighted by Gasteiger charge is -2.23. The summed E-state index contributed by atoms with van der Waals surface area (Å²) in [5.74, 6) is -0.0620. The molecule has 2 aromatic heterocycles. The summed E-state index contributed by atoms with van der Waals surface area (Å²) in [6, 6.07) is 9.77. The van der Waals surface area contributed by atoms with E-state index in [1.165, 1.54) is 32.7 Å². The van der Waals surface area contributed by atoms with E-state index in [9.17, 15) is 9.59 Å². The fraction of sp³-hybridized carbons (Fsp3) is 0.222. The molecule has 8 heteroatoms. The summed E-state index contributed by atoms with van der Waals surface area (Å²) >= 11 is 2.70. The number of benzene rings is 1. The first-order valence-corrected chi connectivity index (χ1v) is 9.76. The highest BCUT2D eigenvalue weighted by molar-refractivity contribution is 8.01. The highest BCUT2D eigenvalue weighted by Crippen LogP contribution is 2.34. The van der Waals surface area contributed by atoms with E-state index in [0.29, 0.717) is 21.1 Å². The van der Waals surface area contributed by atoms with E-state index in [0.717, 1.165) is 11.1 Å². The van der Waals surface area contributed by atoms with Crippen molar-refractivity contribution < 1.29 is 4.79 Å². The van der Waals surface area contributed by atoms with Crippen molar-refractivity contribution in [1.82, 2.24) is 14.6 Å². The van der Waals surface area contributed by atoms with Gasteiger partial charge in [-0.25, -0.2) is 4.98 Å². The predicted octanol–water partition coefficient (Wildman–Crippen LogP) is 2.91. The molecule has 6 nitrogen and oxygen atoms in total. The summed E-state index contributed by atoms with van der Waals surface area (Å²) in [6.07, 6.45) is 0. The number of nitrogens with zero attached hydrogens (tertiary/aromatic N) is 4. The van der Waals surface area contributed by atoms with Gasteiger partial charge in [0.25, 0.3) is 5.56 Å². The second kappa shape index (κ2) is 6.37. The van der Waals surface area contributed by atoms with Gasteiger partial charge in [-0.3, -0.25) is 9.59 Å². The normalized spacial score (nSPS) is 16.3. The molecule has 132 valence electrons. The smallest absolute Gasteiger partial charge is 0.284 e. The minimum Gasteiger partial charge on any atom is -0.348 e. The van der Waals surface area contributed by atoms with Crippen molar-refractivity contribution in [3.05, 3.63) is 46.1 Å². The third-order valence-electron chi connectivity index (χ3n) is 4.17. The van der Waals surface area contributed by atoms with Gasteiger partial charge in [0.1, 0.15) is 10.1 Å². The van der Waals surface area contributed by atoms with Gasteiger partial charge in [-0.1, -0.05) is 42.1 Å². The van der Waals surface area contributed by atoms with Crippen molar-refractivity contribution in [2.75, 3.05) is 14.1 Å². The molecule has 0 N–H and O–H groups in total. The number of carbonyl (C=O) groups excluding carboxylic acids is 1. The van der Waals surface area contributed by atoms with Gasteiger partial charge in [-0.15, -0.1) is 11.3 Å². The lowest BCUT2D eigenvalue weighted by molar-refractivity contribution is -0.126. The largest absolute Gasteiger partial charge is 0.348 e. The number of fused-ring (bicyclic) bond motifs is 2. The molecule has 0 fully saturated rings. The molecule has 0 saturated carbocycles. The van der Waals surface area contributed by atoms with Crippen LogP contribution in [-0.2, 0) is 4.79 Å². The molecule has 1 aliphatic rings. The number of thioether (sulfide) groups is 1. The van der Waals surface area contributed by atoms with Gasteiger partial charge < -0.3 is 4.90 Å². The van der Waals surface area contributed by atoms with Crippen LogP contribution in [0.1, 0.15) is 6.92 Å². The summed E-state index contributed by atoms with van der Waals surface area (Å²) in [6.45, 7) is 1.77. The van der Waals surface area contributed by atoms with Crippen LogP contribution in [0, 0.1) is 0 Å². The van der Waals surface area contributed by atoms with Crippen LogP contribution >= 0.6 is 23.1 Å². The maximum atomic E-state index is 13.1. The van der Waals surface area contributed by atoms with Crippen molar-refractivity contribution in [1.29, 1.82) is 0 Å². The molecule has 1 amide bonds. The molecule has 1 atom stereocenters. The van der Waals surface area contributed by atoms with Crippen LogP contribution in [0.2, 0.25) is 0 Å². The van der Waals surface area contributed by atoms with E-state index >= 15 is 0 Å². The van der Waals surface area contributed by atoms with Gasteiger partial charge in [0.05, 0.1) is 11.1 Å². The van der Waals surface area contributed by atoms with Gasteiger partial charge in [0, 0.05) is 25.0 Å². The van der Waals surface area contributed by atoms with Crippen LogP contribution in [0.3, 0.4) is 0 Å². The third-order valence-corrected chi connectivity index (χ3v) is 6.29. The predicted molar refractivity (Wildman–Crippen MR) is 106 cm³/mol. The fourth-order valence-electron chi connectivity index (χ4n) is 2.82. The number of rotatable bonds is 2. The molecule has 0 radical (unpaired) electrons. The molecular formula is C18H16N4O2S2. The van der Waals surface area contributed by atoms with E-state index in [-0.39, 0.29) is 11.5 Å². The summed E-state index contributed by atoms with van der Waals surface area (Å²) < 4.78 is 1.32. The minimum atomic E-state index is -0.456. The average Bonchev–Trinajstić information content (AvgIpc) is 3.06. The Morgan fingerprint density at radius 1 is 1.23 bits per heavy atom. The van der Waals surface area contributed by atoms with Gasteiger partial charge in [0.2, 0.25) is 5.91 Å². The van der Waals surface area contributed by atoms with Gasteiger partial charge >= 0.3 is 0 Å². The van der Waals surface area contributed by atoms with E-state index < -0.39 is 5.25 Å². The van der Waals surface area contributed by atoms with Gasteiger partial charge in [-0.05, 0) is 12.5 Å². The Kier molecular flexibility index (Phi) is 4.16. The maximum absolute atomic E-state index is 13.1. The zero-order chi connectivity index (χ0) is 18.4. The second-order valence-corrected chi connectivity index (χ2v) is 8.11. The summed E-state index contributed by atoms with van der Waals surface area (Å²) in [5, 5.41) is 6.90. The van der Waals surface area contributed by atoms with Crippen LogP contribution in [-0.4, -0.2) is 45.5 Å². The standard InChI is InChI=1S/C18H16N4O2S2/c1-10-14(17(24)21(2)3)26-18-19-15-13(16(23)22(18)20-10)12(9-25-15)11-7-5-4-6-8-11/h4-9,14H,1-3H3/t14-/m1/s1. The quantitative estimate of drug-likeness (QED) is 0.637. The van der Waals surface area contributed by atoms with E-state index in [1.54, 1.807) is 21.0 Å². The lowest BCUT2D eigenvalue weighted by atomic mass is 10.1. The highest BCUT2D eigenvalue weighted by atomic mass is 32.2. The Hall–Kier alpha value is -2.45. The first-order valence-electron chi connectivity index (χ1n) is 8.00. The molecule has 0 aliphatic carbocycles. The van der Waals surface area contributed by atoms with Crippen LogP contribution < -0.4 is 5.56 Å². The summed E-state index contributed by atoms with van der Waals surface area (Å²) in [5.41, 5.74) is 2.24. The Bertz CT molecular complexity index is 1100.